The zero-order chi connectivity index (χ0) is 25.8. The first-order chi connectivity index (χ1) is 17.3. The summed E-state index contributed by atoms with van der Waals surface area (Å²) in [7, 11) is 1.40. The number of nitro groups is 1. The number of furan rings is 1. The van der Waals surface area contributed by atoms with E-state index in [1.807, 2.05) is 36.4 Å². The van der Waals surface area contributed by atoms with Gasteiger partial charge in [0.2, 0.25) is 0 Å². The summed E-state index contributed by atoms with van der Waals surface area (Å²) >= 11 is 0. The van der Waals surface area contributed by atoms with E-state index in [-0.39, 0.29) is 34.7 Å². The molecule has 9 heteroatoms. The molecule has 2 aromatic carbocycles. The van der Waals surface area contributed by atoms with Gasteiger partial charge in [-0.05, 0) is 48.8 Å². The van der Waals surface area contributed by atoms with Crippen LogP contribution in [0.1, 0.15) is 18.2 Å². The van der Waals surface area contributed by atoms with Crippen LogP contribution in [0.3, 0.4) is 0 Å². The molecule has 0 bridgehead atoms. The number of hydrogen-bond acceptors (Lipinski definition) is 7. The summed E-state index contributed by atoms with van der Waals surface area (Å²) in [5, 5.41) is 20.7. The van der Waals surface area contributed by atoms with E-state index in [1.54, 1.807) is 19.1 Å². The monoisotopic (exact) mass is 483 g/mol. The third-order valence-electron chi connectivity index (χ3n) is 5.87. The van der Waals surface area contributed by atoms with Gasteiger partial charge in [0, 0.05) is 18.2 Å². The number of methoxy groups -OCH3 is 1. The van der Waals surface area contributed by atoms with Gasteiger partial charge in [0.25, 0.3) is 17.5 Å². The number of nitro benzene ring substituents is 1. The molecule has 0 aliphatic carbocycles. The number of ether oxygens (including phenoxy) is 1. The van der Waals surface area contributed by atoms with E-state index < -0.39 is 16.7 Å². The minimum atomic E-state index is -0.621. The molecule has 4 rings (SSSR count). The summed E-state index contributed by atoms with van der Waals surface area (Å²) in [6.07, 6.45) is 1.94. The number of carbonyl (C=O) groups excluding carboxylic acids is 2. The van der Waals surface area contributed by atoms with Crippen molar-refractivity contribution in [1.29, 1.82) is 5.26 Å². The maximum Gasteiger partial charge on any atom is 0.273 e. The number of nitriles is 1. The largest absolute Gasteiger partial charge is 0.496 e. The van der Waals surface area contributed by atoms with Crippen molar-refractivity contribution in [2.24, 2.45) is 0 Å². The Kier molecular flexibility index (Phi) is 6.79. The number of hydrogen-bond donors (Lipinski definition) is 0. The molecular weight excluding hydrogens is 462 g/mol. The van der Waals surface area contributed by atoms with Crippen molar-refractivity contribution in [3.05, 3.63) is 98.8 Å². The van der Waals surface area contributed by atoms with Crippen molar-refractivity contribution in [3.63, 3.8) is 0 Å². The second kappa shape index (κ2) is 10.1. The molecule has 180 valence electrons. The lowest BCUT2D eigenvalue weighted by Crippen LogP contribution is -2.43. The lowest BCUT2D eigenvalue weighted by Gasteiger charge is -2.27. The zero-order valence-electron chi connectivity index (χ0n) is 19.6. The molecule has 0 radical (unpaired) electrons. The molecule has 0 unspecified atom stereocenters. The van der Waals surface area contributed by atoms with Crippen LogP contribution >= 0.6 is 0 Å². The summed E-state index contributed by atoms with van der Waals surface area (Å²) in [5.74, 6) is -0.201. The molecule has 0 atom stereocenters. The number of benzene rings is 2. The Morgan fingerprint density at radius 1 is 1.11 bits per heavy atom. The third kappa shape index (κ3) is 4.65. The molecule has 1 aliphatic heterocycles. The fourth-order valence-electron chi connectivity index (χ4n) is 3.93. The van der Waals surface area contributed by atoms with Crippen LogP contribution in [0.5, 0.6) is 5.75 Å². The van der Waals surface area contributed by atoms with Crippen LogP contribution in [0.2, 0.25) is 0 Å². The fourth-order valence-corrected chi connectivity index (χ4v) is 3.93. The van der Waals surface area contributed by atoms with Crippen LogP contribution in [0.25, 0.3) is 17.4 Å². The molecule has 1 aromatic heterocycles. The molecule has 0 saturated heterocycles. The minimum absolute atomic E-state index is 0.0993. The number of rotatable bonds is 7. The summed E-state index contributed by atoms with van der Waals surface area (Å²) < 4.78 is 11.2. The fraction of sp³-hybridized carbons (Fsp3) is 0.148. The zero-order valence-corrected chi connectivity index (χ0v) is 19.6. The lowest BCUT2D eigenvalue weighted by molar-refractivity contribution is -0.384. The molecule has 3 aromatic rings. The van der Waals surface area contributed by atoms with E-state index in [0.29, 0.717) is 23.5 Å². The first-order valence-electron chi connectivity index (χ1n) is 11.0. The predicted molar refractivity (Wildman–Crippen MR) is 131 cm³/mol. The minimum Gasteiger partial charge on any atom is -0.496 e. The van der Waals surface area contributed by atoms with E-state index >= 15 is 0 Å². The Hall–Kier alpha value is -4.97. The van der Waals surface area contributed by atoms with Crippen LogP contribution in [0, 0.1) is 21.4 Å². The van der Waals surface area contributed by atoms with E-state index in [4.69, 9.17) is 9.15 Å². The van der Waals surface area contributed by atoms with Gasteiger partial charge in [-0.25, -0.2) is 0 Å². The van der Waals surface area contributed by atoms with Crippen molar-refractivity contribution in [3.8, 4) is 23.1 Å². The van der Waals surface area contributed by atoms with Gasteiger partial charge in [0.05, 0.1) is 23.7 Å². The highest BCUT2D eigenvalue weighted by molar-refractivity contribution is 6.19. The SMILES string of the molecule is COc1cc([N+](=O)[O-])ccc1-c1ccc(/C=C2/C(=O)N(CCc3ccccc3)C(=O)C(C#N)=C2C)o1. The standard InChI is InChI=1S/C27H21N3O6/c1-17-22(26(31)29(27(32)23(17)16-28)13-12-18-6-4-3-5-7-18)15-20-9-11-24(36-20)21-10-8-19(30(33)34)14-25(21)35-2/h3-11,14-15H,12-13H2,1-2H3/b22-15+. The average molecular weight is 483 g/mol. The number of imide groups is 1. The smallest absolute Gasteiger partial charge is 0.273 e. The molecule has 0 N–H and O–H groups in total. The molecule has 1 aliphatic rings. The number of amides is 2. The van der Waals surface area contributed by atoms with Crippen molar-refractivity contribution < 1.29 is 23.7 Å². The van der Waals surface area contributed by atoms with E-state index in [2.05, 4.69) is 0 Å². The van der Waals surface area contributed by atoms with Gasteiger partial charge >= 0.3 is 0 Å². The Labute approximate surface area is 206 Å². The number of carbonyl (C=O) groups is 2. The molecule has 0 spiro atoms. The summed E-state index contributed by atoms with van der Waals surface area (Å²) in [6, 6.07) is 18.8. The third-order valence-corrected chi connectivity index (χ3v) is 5.87. The van der Waals surface area contributed by atoms with Gasteiger partial charge in [-0.1, -0.05) is 30.3 Å². The molecule has 2 amide bonds. The van der Waals surface area contributed by atoms with E-state index in [0.717, 1.165) is 10.5 Å². The number of nitrogens with zero attached hydrogens (tertiary/aromatic N) is 3. The van der Waals surface area contributed by atoms with Crippen molar-refractivity contribution in [2.75, 3.05) is 13.7 Å². The number of non-ortho nitro benzene ring substituents is 1. The average Bonchev–Trinajstić information content (AvgIpc) is 3.35. The summed E-state index contributed by atoms with van der Waals surface area (Å²) in [5.41, 5.74) is 1.68. The van der Waals surface area contributed by atoms with Crippen LogP contribution in [-0.2, 0) is 16.0 Å². The molecular formula is C27H21N3O6. The van der Waals surface area contributed by atoms with Gasteiger partial charge < -0.3 is 9.15 Å². The normalized spacial score (nSPS) is 14.8. The molecule has 2 heterocycles. The van der Waals surface area contributed by atoms with E-state index in [9.17, 15) is 25.0 Å². The second-order valence-electron chi connectivity index (χ2n) is 8.01. The summed E-state index contributed by atoms with van der Waals surface area (Å²) in [4.78, 5) is 37.7. The van der Waals surface area contributed by atoms with Crippen LogP contribution < -0.4 is 4.74 Å². The topological polar surface area (TPSA) is 127 Å². The molecule has 36 heavy (non-hydrogen) atoms. The predicted octanol–water partition coefficient (Wildman–Crippen LogP) is 4.70. The highest BCUT2D eigenvalue weighted by Crippen LogP contribution is 2.35. The Balaban J connectivity index is 1.67. The lowest BCUT2D eigenvalue weighted by atomic mass is 9.94. The Morgan fingerprint density at radius 2 is 1.86 bits per heavy atom. The Morgan fingerprint density at radius 3 is 2.53 bits per heavy atom. The molecule has 0 fully saturated rings. The highest BCUT2D eigenvalue weighted by Gasteiger charge is 2.35. The van der Waals surface area contributed by atoms with Gasteiger partial charge in [-0.3, -0.25) is 24.6 Å². The van der Waals surface area contributed by atoms with Crippen LogP contribution in [0.15, 0.2) is 81.8 Å². The maximum absolute atomic E-state index is 13.3. The van der Waals surface area contributed by atoms with Crippen LogP contribution in [-0.4, -0.2) is 35.3 Å². The Bertz CT molecular complexity index is 1460. The van der Waals surface area contributed by atoms with Gasteiger partial charge in [0.1, 0.15) is 28.9 Å². The van der Waals surface area contributed by atoms with Crippen molar-refractivity contribution in [2.45, 2.75) is 13.3 Å². The quantitative estimate of drug-likeness (QED) is 0.206. The molecule has 0 saturated carbocycles. The first kappa shape index (κ1) is 24.2. The van der Waals surface area contributed by atoms with Crippen molar-refractivity contribution >= 4 is 23.6 Å². The van der Waals surface area contributed by atoms with Crippen molar-refractivity contribution in [1.82, 2.24) is 4.90 Å². The maximum atomic E-state index is 13.3. The first-order valence-corrected chi connectivity index (χ1v) is 11.0. The second-order valence-corrected chi connectivity index (χ2v) is 8.01. The van der Waals surface area contributed by atoms with E-state index in [1.165, 1.54) is 31.4 Å². The van der Waals surface area contributed by atoms with Gasteiger partial charge in [-0.2, -0.15) is 5.26 Å². The van der Waals surface area contributed by atoms with Gasteiger partial charge in [0.15, 0.2) is 0 Å². The highest BCUT2D eigenvalue weighted by atomic mass is 16.6. The van der Waals surface area contributed by atoms with Crippen LogP contribution in [0.4, 0.5) is 5.69 Å². The molecule has 9 nitrogen and oxygen atoms in total. The summed E-state index contributed by atoms with van der Waals surface area (Å²) in [6.45, 7) is 1.68. The van der Waals surface area contributed by atoms with Gasteiger partial charge in [-0.15, -0.1) is 0 Å².